The van der Waals surface area contributed by atoms with Crippen LogP contribution in [-0.4, -0.2) is 36.6 Å². The molecule has 0 bridgehead atoms. The van der Waals surface area contributed by atoms with E-state index in [0.717, 1.165) is 25.2 Å². The molecule has 1 fully saturated rings. The molecule has 1 aliphatic carbocycles. The summed E-state index contributed by atoms with van der Waals surface area (Å²) in [5.41, 5.74) is 0. The Kier molecular flexibility index (Phi) is 2.46. The molecule has 2 aromatic heterocycles. The summed E-state index contributed by atoms with van der Waals surface area (Å²) >= 11 is 0. The van der Waals surface area contributed by atoms with Crippen molar-refractivity contribution in [2.45, 2.75) is 43.6 Å². The van der Waals surface area contributed by atoms with Crippen molar-refractivity contribution in [3.63, 3.8) is 0 Å². The Morgan fingerprint density at radius 2 is 2.26 bits per heavy atom. The molecule has 2 N–H and O–H groups in total. The van der Waals surface area contributed by atoms with Gasteiger partial charge in [0.1, 0.15) is 5.82 Å². The van der Waals surface area contributed by atoms with Crippen LogP contribution in [0.3, 0.4) is 0 Å². The first-order chi connectivity index (χ1) is 9.33. The third-order valence-corrected chi connectivity index (χ3v) is 4.27. The van der Waals surface area contributed by atoms with Crippen LogP contribution in [-0.2, 0) is 6.54 Å². The first kappa shape index (κ1) is 11.2. The molecule has 19 heavy (non-hydrogen) atoms. The second kappa shape index (κ2) is 4.18. The standard InChI is InChI=1S/C13H17N5O/c19-11-8-10(12(11)18-5-1-3-15-18)16-9-2-6-17-7-4-14-13(9)17/h1,3-5,7,9-12,16,19H,2,6,8H2/t9?,10-,11+,12+/m0/s1. The maximum atomic E-state index is 9.96. The molecule has 1 aliphatic heterocycles. The van der Waals surface area contributed by atoms with Crippen LogP contribution in [0.1, 0.15) is 30.7 Å². The number of imidazole rings is 1. The van der Waals surface area contributed by atoms with Crippen molar-refractivity contribution in [2.24, 2.45) is 0 Å². The smallest absolute Gasteiger partial charge is 0.125 e. The van der Waals surface area contributed by atoms with E-state index in [-0.39, 0.29) is 18.2 Å². The van der Waals surface area contributed by atoms with Gasteiger partial charge in [-0.05, 0) is 18.9 Å². The van der Waals surface area contributed by atoms with Gasteiger partial charge in [-0.3, -0.25) is 4.68 Å². The molecule has 6 nitrogen and oxygen atoms in total. The van der Waals surface area contributed by atoms with E-state index in [1.165, 1.54) is 0 Å². The fraction of sp³-hybridized carbons (Fsp3) is 0.538. The van der Waals surface area contributed by atoms with Gasteiger partial charge < -0.3 is 15.0 Å². The highest BCUT2D eigenvalue weighted by Crippen LogP contribution is 2.35. The van der Waals surface area contributed by atoms with Gasteiger partial charge >= 0.3 is 0 Å². The van der Waals surface area contributed by atoms with Crippen molar-refractivity contribution in [1.29, 1.82) is 0 Å². The van der Waals surface area contributed by atoms with Gasteiger partial charge in [0.2, 0.25) is 0 Å². The summed E-state index contributed by atoms with van der Waals surface area (Å²) < 4.78 is 4.04. The molecule has 2 aromatic rings. The molecular weight excluding hydrogens is 242 g/mol. The van der Waals surface area contributed by atoms with Crippen LogP contribution in [0.25, 0.3) is 0 Å². The minimum Gasteiger partial charge on any atom is -0.391 e. The topological polar surface area (TPSA) is 67.9 Å². The Balaban J connectivity index is 1.50. The van der Waals surface area contributed by atoms with Crippen LogP contribution in [0.2, 0.25) is 0 Å². The van der Waals surface area contributed by atoms with Crippen molar-refractivity contribution < 1.29 is 5.11 Å². The Labute approximate surface area is 111 Å². The van der Waals surface area contributed by atoms with Gasteiger partial charge in [-0.1, -0.05) is 0 Å². The van der Waals surface area contributed by atoms with Gasteiger partial charge in [-0.2, -0.15) is 5.10 Å². The van der Waals surface area contributed by atoms with Crippen LogP contribution in [0.5, 0.6) is 0 Å². The summed E-state index contributed by atoms with van der Waals surface area (Å²) in [6.07, 6.45) is 9.09. The SMILES string of the molecule is O[C@@H]1C[C@H](NC2CCn3ccnc32)[C@H]1n1cccn1. The molecule has 0 amide bonds. The van der Waals surface area contributed by atoms with Crippen LogP contribution in [0, 0.1) is 0 Å². The number of hydrogen-bond acceptors (Lipinski definition) is 4. The van der Waals surface area contributed by atoms with E-state index in [0.29, 0.717) is 6.04 Å². The van der Waals surface area contributed by atoms with E-state index in [4.69, 9.17) is 0 Å². The number of rotatable bonds is 3. The number of hydrogen-bond donors (Lipinski definition) is 2. The Morgan fingerprint density at radius 1 is 1.32 bits per heavy atom. The summed E-state index contributed by atoms with van der Waals surface area (Å²) in [7, 11) is 0. The Morgan fingerprint density at radius 3 is 3.05 bits per heavy atom. The van der Waals surface area contributed by atoms with Gasteiger partial charge in [0, 0.05) is 37.4 Å². The fourth-order valence-corrected chi connectivity index (χ4v) is 3.23. The molecule has 0 spiro atoms. The van der Waals surface area contributed by atoms with E-state index in [2.05, 4.69) is 20.0 Å². The van der Waals surface area contributed by atoms with Crippen molar-refractivity contribution in [3.8, 4) is 0 Å². The fourth-order valence-electron chi connectivity index (χ4n) is 3.23. The van der Waals surface area contributed by atoms with Crippen molar-refractivity contribution >= 4 is 0 Å². The van der Waals surface area contributed by atoms with E-state index >= 15 is 0 Å². The number of aliphatic hydroxyl groups is 1. The number of aliphatic hydroxyl groups excluding tert-OH is 1. The largest absolute Gasteiger partial charge is 0.391 e. The summed E-state index contributed by atoms with van der Waals surface area (Å²) in [4.78, 5) is 4.41. The molecule has 4 rings (SSSR count). The molecule has 1 saturated carbocycles. The summed E-state index contributed by atoms with van der Waals surface area (Å²) in [6, 6.07) is 2.50. The molecule has 0 radical (unpaired) electrons. The molecule has 1 unspecified atom stereocenters. The minimum absolute atomic E-state index is 0.0408. The van der Waals surface area contributed by atoms with Crippen molar-refractivity contribution in [2.75, 3.05) is 0 Å². The normalized spacial score (nSPS) is 33.1. The monoisotopic (exact) mass is 259 g/mol. The highest BCUT2D eigenvalue weighted by molar-refractivity contribution is 5.08. The lowest BCUT2D eigenvalue weighted by molar-refractivity contribution is -0.0119. The van der Waals surface area contributed by atoms with Gasteiger partial charge in [0.05, 0.1) is 18.2 Å². The van der Waals surface area contributed by atoms with Gasteiger partial charge in [-0.15, -0.1) is 0 Å². The highest BCUT2D eigenvalue weighted by atomic mass is 16.3. The lowest BCUT2D eigenvalue weighted by atomic mass is 9.82. The van der Waals surface area contributed by atoms with E-state index in [9.17, 15) is 5.11 Å². The molecule has 4 atom stereocenters. The van der Waals surface area contributed by atoms with E-state index < -0.39 is 0 Å². The molecule has 3 heterocycles. The third kappa shape index (κ3) is 1.71. The number of aromatic nitrogens is 4. The first-order valence-corrected chi connectivity index (χ1v) is 6.77. The van der Waals surface area contributed by atoms with Crippen molar-refractivity contribution in [1.82, 2.24) is 24.6 Å². The molecule has 100 valence electrons. The maximum absolute atomic E-state index is 9.96. The van der Waals surface area contributed by atoms with Crippen LogP contribution >= 0.6 is 0 Å². The van der Waals surface area contributed by atoms with Crippen LogP contribution < -0.4 is 5.32 Å². The lowest BCUT2D eigenvalue weighted by Gasteiger charge is -2.43. The number of nitrogens with zero attached hydrogens (tertiary/aromatic N) is 4. The molecule has 0 saturated heterocycles. The predicted octanol–water partition coefficient (Wildman–Crippen LogP) is 0.488. The molecular formula is C13H17N5O. The Hall–Kier alpha value is -1.66. The number of nitrogens with one attached hydrogen (secondary N) is 1. The zero-order valence-corrected chi connectivity index (χ0v) is 10.6. The summed E-state index contributed by atoms with van der Waals surface area (Å²) in [6.45, 7) is 1.02. The zero-order valence-electron chi connectivity index (χ0n) is 10.6. The Bertz CT molecular complexity index is 563. The quantitative estimate of drug-likeness (QED) is 0.841. The third-order valence-electron chi connectivity index (χ3n) is 4.27. The second-order valence-electron chi connectivity index (χ2n) is 5.37. The van der Waals surface area contributed by atoms with E-state index in [1.807, 2.05) is 29.3 Å². The molecule has 6 heteroatoms. The highest BCUT2D eigenvalue weighted by Gasteiger charge is 2.43. The van der Waals surface area contributed by atoms with Crippen molar-refractivity contribution in [3.05, 3.63) is 36.7 Å². The minimum atomic E-state index is -0.307. The number of fused-ring (bicyclic) bond motifs is 1. The van der Waals surface area contributed by atoms with Gasteiger partial charge in [-0.25, -0.2) is 4.98 Å². The number of aryl methyl sites for hydroxylation is 1. The lowest BCUT2D eigenvalue weighted by Crippen LogP contribution is -2.55. The molecule has 0 aromatic carbocycles. The second-order valence-corrected chi connectivity index (χ2v) is 5.37. The first-order valence-electron chi connectivity index (χ1n) is 6.77. The average Bonchev–Trinajstić information content (AvgIpc) is 3.06. The van der Waals surface area contributed by atoms with E-state index in [1.54, 1.807) is 6.20 Å². The van der Waals surface area contributed by atoms with Crippen LogP contribution in [0.15, 0.2) is 30.9 Å². The summed E-state index contributed by atoms with van der Waals surface area (Å²) in [5, 5.41) is 17.8. The maximum Gasteiger partial charge on any atom is 0.125 e. The van der Waals surface area contributed by atoms with Crippen LogP contribution in [0.4, 0.5) is 0 Å². The average molecular weight is 259 g/mol. The molecule has 2 aliphatic rings. The zero-order chi connectivity index (χ0) is 12.8. The van der Waals surface area contributed by atoms with Gasteiger partial charge in [0.25, 0.3) is 0 Å². The predicted molar refractivity (Wildman–Crippen MR) is 68.4 cm³/mol. The van der Waals surface area contributed by atoms with Gasteiger partial charge in [0.15, 0.2) is 0 Å². The summed E-state index contributed by atoms with van der Waals surface area (Å²) in [5.74, 6) is 1.11.